The first-order valence-electron chi connectivity index (χ1n) is 8.61. The zero-order valence-electron chi connectivity index (χ0n) is 14.9. The molecule has 1 aromatic heterocycles. The molecule has 1 amide bonds. The van der Waals surface area contributed by atoms with Crippen LogP contribution in [0.25, 0.3) is 10.1 Å². The Morgan fingerprint density at radius 1 is 1.14 bits per heavy atom. The summed E-state index contributed by atoms with van der Waals surface area (Å²) in [5.74, 6) is -0.415. The largest absolute Gasteiger partial charge is 0.486 e. The van der Waals surface area contributed by atoms with Crippen molar-refractivity contribution in [2.75, 3.05) is 18.5 Å². The molecule has 1 atom stereocenters. The number of hydrogen-bond donors (Lipinski definition) is 1. The molecule has 0 saturated heterocycles. The summed E-state index contributed by atoms with van der Waals surface area (Å²) in [4.78, 5) is 24.9. The topological polar surface area (TPSA) is 73.9 Å². The maximum absolute atomic E-state index is 13.8. The van der Waals surface area contributed by atoms with Crippen LogP contribution in [0.4, 0.5) is 10.1 Å². The second-order valence-corrected chi connectivity index (χ2v) is 7.24. The average molecular weight is 401 g/mol. The molecule has 0 aliphatic carbocycles. The molecular formula is C20H16FNO5S. The van der Waals surface area contributed by atoms with E-state index in [9.17, 15) is 14.0 Å². The number of thiophene rings is 1. The average Bonchev–Trinajstić information content (AvgIpc) is 3.14. The molecule has 0 unspecified atom stereocenters. The lowest BCUT2D eigenvalue weighted by Gasteiger charge is -2.19. The van der Waals surface area contributed by atoms with Gasteiger partial charge in [-0.3, -0.25) is 4.79 Å². The molecule has 8 heteroatoms. The summed E-state index contributed by atoms with van der Waals surface area (Å²) < 4.78 is 30.6. The second-order valence-electron chi connectivity index (χ2n) is 6.16. The van der Waals surface area contributed by atoms with Crippen molar-refractivity contribution in [2.24, 2.45) is 0 Å². The highest BCUT2D eigenvalue weighted by molar-refractivity contribution is 7.20. The molecule has 1 N–H and O–H groups in total. The number of anilines is 1. The van der Waals surface area contributed by atoms with Crippen LogP contribution in [0.2, 0.25) is 0 Å². The zero-order valence-corrected chi connectivity index (χ0v) is 15.7. The zero-order chi connectivity index (χ0) is 19.7. The van der Waals surface area contributed by atoms with Gasteiger partial charge in [0.15, 0.2) is 17.6 Å². The van der Waals surface area contributed by atoms with Crippen LogP contribution in [-0.4, -0.2) is 31.2 Å². The first-order valence-corrected chi connectivity index (χ1v) is 9.42. The first kappa shape index (κ1) is 18.2. The molecule has 4 rings (SSSR count). The molecule has 1 aliphatic rings. The predicted octanol–water partition coefficient (Wildman–Crippen LogP) is 4.00. The number of carbonyl (C=O) groups is 2. The van der Waals surface area contributed by atoms with Crippen molar-refractivity contribution < 1.29 is 28.2 Å². The molecule has 2 heterocycles. The Hall–Kier alpha value is -3.13. The van der Waals surface area contributed by atoms with Crippen molar-refractivity contribution in [1.29, 1.82) is 0 Å². The molecule has 28 heavy (non-hydrogen) atoms. The fourth-order valence-corrected chi connectivity index (χ4v) is 3.72. The predicted molar refractivity (Wildman–Crippen MR) is 103 cm³/mol. The van der Waals surface area contributed by atoms with Gasteiger partial charge in [-0.1, -0.05) is 6.07 Å². The Bertz CT molecular complexity index is 1060. The molecule has 0 spiro atoms. The van der Waals surface area contributed by atoms with Gasteiger partial charge < -0.3 is 19.5 Å². The van der Waals surface area contributed by atoms with Crippen LogP contribution in [0.5, 0.6) is 11.5 Å². The van der Waals surface area contributed by atoms with Gasteiger partial charge in [-0.15, -0.1) is 11.3 Å². The Balaban J connectivity index is 1.42. The fourth-order valence-electron chi connectivity index (χ4n) is 2.76. The molecule has 0 bridgehead atoms. The smallest absolute Gasteiger partial charge is 0.349 e. The Morgan fingerprint density at radius 3 is 2.71 bits per heavy atom. The van der Waals surface area contributed by atoms with Gasteiger partial charge in [0.25, 0.3) is 5.91 Å². The Labute approximate surface area is 163 Å². The summed E-state index contributed by atoms with van der Waals surface area (Å²) in [5, 5.41) is 3.03. The van der Waals surface area contributed by atoms with Crippen molar-refractivity contribution in [3.63, 3.8) is 0 Å². The van der Waals surface area contributed by atoms with Crippen molar-refractivity contribution >= 4 is 39.0 Å². The van der Waals surface area contributed by atoms with E-state index in [1.54, 1.807) is 30.3 Å². The number of benzene rings is 2. The van der Waals surface area contributed by atoms with Crippen LogP contribution in [0.1, 0.15) is 16.6 Å². The minimum Gasteiger partial charge on any atom is -0.486 e. The lowest BCUT2D eigenvalue weighted by molar-refractivity contribution is -0.123. The number of esters is 1. The summed E-state index contributed by atoms with van der Waals surface area (Å²) in [5.41, 5.74) is 0.501. The number of nitrogens with one attached hydrogen (secondary N) is 1. The maximum Gasteiger partial charge on any atom is 0.349 e. The van der Waals surface area contributed by atoms with Gasteiger partial charge in [0.2, 0.25) is 0 Å². The van der Waals surface area contributed by atoms with Crippen LogP contribution < -0.4 is 14.8 Å². The van der Waals surface area contributed by atoms with E-state index >= 15 is 0 Å². The summed E-state index contributed by atoms with van der Waals surface area (Å²) >= 11 is 1.12. The van der Waals surface area contributed by atoms with Crippen molar-refractivity contribution in [3.8, 4) is 11.5 Å². The minimum atomic E-state index is -1.03. The lowest BCUT2D eigenvalue weighted by atomic mass is 10.2. The highest BCUT2D eigenvalue weighted by Gasteiger charge is 2.22. The fraction of sp³-hybridized carbons (Fsp3) is 0.200. The number of fused-ring (bicyclic) bond motifs is 2. The molecule has 3 aromatic rings. The summed E-state index contributed by atoms with van der Waals surface area (Å²) in [7, 11) is 0. The Kier molecular flexibility index (Phi) is 4.87. The number of hydrogen-bond acceptors (Lipinski definition) is 6. The van der Waals surface area contributed by atoms with E-state index in [0.717, 1.165) is 11.3 Å². The SMILES string of the molecule is C[C@@H](OC(=O)c1cc2c(F)cccc2s1)C(=O)Nc1ccc2c(c1)OCCO2. The number of carbonyl (C=O) groups excluding carboxylic acids is 2. The molecule has 0 radical (unpaired) electrons. The van der Waals surface area contributed by atoms with Crippen LogP contribution in [0.3, 0.4) is 0 Å². The lowest BCUT2D eigenvalue weighted by Crippen LogP contribution is -2.29. The van der Waals surface area contributed by atoms with Crippen LogP contribution in [0, 0.1) is 5.82 Å². The summed E-state index contributed by atoms with van der Waals surface area (Å²) in [6, 6.07) is 11.1. The van der Waals surface area contributed by atoms with Gasteiger partial charge in [-0.05, 0) is 37.3 Å². The van der Waals surface area contributed by atoms with Gasteiger partial charge in [0, 0.05) is 21.8 Å². The highest BCUT2D eigenvalue weighted by Crippen LogP contribution is 2.33. The number of amides is 1. The summed E-state index contributed by atoms with van der Waals surface area (Å²) in [6.07, 6.45) is -1.03. The van der Waals surface area contributed by atoms with E-state index in [0.29, 0.717) is 40.5 Å². The van der Waals surface area contributed by atoms with Gasteiger partial charge >= 0.3 is 5.97 Å². The van der Waals surface area contributed by atoms with E-state index in [4.69, 9.17) is 14.2 Å². The standard InChI is InChI=1S/C20H16FNO5S/c1-11(19(23)22-12-5-6-15-16(9-12)26-8-7-25-15)27-20(24)18-10-13-14(21)3-2-4-17(13)28-18/h2-6,9-11H,7-8H2,1H3,(H,22,23)/t11-/m1/s1. The third-order valence-electron chi connectivity index (χ3n) is 4.17. The molecule has 2 aromatic carbocycles. The third kappa shape index (κ3) is 3.63. The minimum absolute atomic E-state index is 0.235. The van der Waals surface area contributed by atoms with E-state index in [1.165, 1.54) is 19.1 Å². The van der Waals surface area contributed by atoms with E-state index < -0.39 is 23.8 Å². The Morgan fingerprint density at radius 2 is 1.93 bits per heavy atom. The quantitative estimate of drug-likeness (QED) is 0.669. The number of rotatable bonds is 4. The van der Waals surface area contributed by atoms with Crippen LogP contribution >= 0.6 is 11.3 Å². The maximum atomic E-state index is 13.8. The number of ether oxygens (including phenoxy) is 3. The van der Waals surface area contributed by atoms with Crippen LogP contribution in [-0.2, 0) is 9.53 Å². The van der Waals surface area contributed by atoms with Crippen molar-refractivity contribution in [3.05, 3.63) is 53.2 Å². The normalized spacial score (nSPS) is 13.8. The van der Waals surface area contributed by atoms with E-state index in [-0.39, 0.29) is 4.88 Å². The van der Waals surface area contributed by atoms with Gasteiger partial charge in [0.1, 0.15) is 23.9 Å². The van der Waals surface area contributed by atoms with E-state index in [2.05, 4.69) is 5.32 Å². The monoisotopic (exact) mass is 401 g/mol. The molecular weight excluding hydrogens is 385 g/mol. The van der Waals surface area contributed by atoms with Crippen LogP contribution in [0.15, 0.2) is 42.5 Å². The van der Waals surface area contributed by atoms with Crippen molar-refractivity contribution in [1.82, 2.24) is 0 Å². The number of halogens is 1. The second kappa shape index (κ2) is 7.47. The van der Waals surface area contributed by atoms with Gasteiger partial charge in [-0.2, -0.15) is 0 Å². The molecule has 0 fully saturated rings. The highest BCUT2D eigenvalue weighted by atomic mass is 32.1. The van der Waals surface area contributed by atoms with Gasteiger partial charge in [0.05, 0.1) is 0 Å². The summed E-state index contributed by atoms with van der Waals surface area (Å²) in [6.45, 7) is 2.39. The molecule has 6 nitrogen and oxygen atoms in total. The van der Waals surface area contributed by atoms with Crippen molar-refractivity contribution in [2.45, 2.75) is 13.0 Å². The first-order chi connectivity index (χ1) is 13.5. The molecule has 0 saturated carbocycles. The molecule has 1 aliphatic heterocycles. The third-order valence-corrected chi connectivity index (χ3v) is 5.25. The van der Waals surface area contributed by atoms with Gasteiger partial charge in [-0.25, -0.2) is 9.18 Å². The van der Waals surface area contributed by atoms with E-state index in [1.807, 2.05) is 0 Å². The molecule has 144 valence electrons.